The van der Waals surface area contributed by atoms with Crippen molar-refractivity contribution in [2.75, 3.05) is 10.6 Å². The molecule has 5 heteroatoms. The van der Waals surface area contributed by atoms with Crippen molar-refractivity contribution in [1.82, 2.24) is 9.97 Å². The van der Waals surface area contributed by atoms with Gasteiger partial charge in [-0.3, -0.25) is 4.79 Å². The molecule has 0 atom stereocenters. The maximum absolute atomic E-state index is 11.7. The van der Waals surface area contributed by atoms with E-state index in [4.69, 9.17) is 4.98 Å². The van der Waals surface area contributed by atoms with Crippen LogP contribution in [0.2, 0.25) is 0 Å². The molecule has 4 rings (SSSR count). The van der Waals surface area contributed by atoms with Crippen molar-refractivity contribution in [1.29, 1.82) is 0 Å². The van der Waals surface area contributed by atoms with E-state index in [2.05, 4.69) is 15.6 Å². The molecule has 2 aromatic carbocycles. The zero-order valence-electron chi connectivity index (χ0n) is 16.0. The Morgan fingerprint density at radius 1 is 0.964 bits per heavy atom. The van der Waals surface area contributed by atoms with Crippen molar-refractivity contribution in [2.45, 2.75) is 38.6 Å². The topological polar surface area (TPSA) is 66.9 Å². The number of hydrogen-bond donors (Lipinski definition) is 2. The summed E-state index contributed by atoms with van der Waals surface area (Å²) in [7, 11) is 0. The first-order valence-electron chi connectivity index (χ1n) is 9.76. The Hall–Kier alpha value is -3.21. The highest BCUT2D eigenvalue weighted by Crippen LogP contribution is 2.26. The van der Waals surface area contributed by atoms with Crippen LogP contribution >= 0.6 is 0 Å². The molecule has 0 unspecified atom stereocenters. The number of aromatic nitrogens is 2. The van der Waals surface area contributed by atoms with Gasteiger partial charge in [0.25, 0.3) is 0 Å². The number of hydrogen-bond acceptors (Lipinski definition) is 5. The predicted molar refractivity (Wildman–Crippen MR) is 113 cm³/mol. The highest BCUT2D eigenvalue weighted by Gasteiger charge is 2.16. The number of nitrogens with one attached hydrogen (secondary N) is 2. The number of carbonyl (C=O) groups is 1. The van der Waals surface area contributed by atoms with Gasteiger partial charge >= 0.3 is 0 Å². The second-order valence-corrected chi connectivity index (χ2v) is 7.22. The molecule has 1 aliphatic rings. The number of Topliss-reactive ketones (excluding diaryl/α,β-unsaturated/α-hetero) is 1. The number of rotatable bonds is 6. The van der Waals surface area contributed by atoms with Crippen LogP contribution in [0.4, 0.5) is 17.5 Å². The average molecular weight is 372 g/mol. The number of benzene rings is 2. The summed E-state index contributed by atoms with van der Waals surface area (Å²) in [6, 6.07) is 20.0. The number of ketones is 1. The van der Waals surface area contributed by atoms with Crippen LogP contribution in [0.5, 0.6) is 0 Å². The second-order valence-electron chi connectivity index (χ2n) is 7.22. The van der Waals surface area contributed by atoms with Crippen LogP contribution in [0.15, 0.2) is 60.7 Å². The molecule has 0 saturated heterocycles. The lowest BCUT2D eigenvalue weighted by molar-refractivity contribution is 0.101. The normalized spacial score (nSPS) is 14.0. The Morgan fingerprint density at radius 2 is 1.75 bits per heavy atom. The van der Waals surface area contributed by atoms with E-state index >= 15 is 0 Å². The van der Waals surface area contributed by atoms with Crippen LogP contribution in [-0.2, 0) is 0 Å². The maximum Gasteiger partial charge on any atom is 0.229 e. The fourth-order valence-corrected chi connectivity index (χ4v) is 3.56. The molecule has 1 saturated carbocycles. The first-order valence-corrected chi connectivity index (χ1v) is 9.76. The minimum Gasteiger partial charge on any atom is -0.367 e. The maximum atomic E-state index is 11.7. The van der Waals surface area contributed by atoms with Gasteiger partial charge in [-0.25, -0.2) is 4.98 Å². The number of carbonyl (C=O) groups excluding carboxylic acids is 1. The lowest BCUT2D eigenvalue weighted by atomic mass is 10.1. The molecule has 5 nitrogen and oxygen atoms in total. The quantitative estimate of drug-likeness (QED) is 0.564. The molecule has 1 heterocycles. The van der Waals surface area contributed by atoms with Crippen LogP contribution in [0.3, 0.4) is 0 Å². The van der Waals surface area contributed by atoms with E-state index in [1.165, 1.54) is 25.7 Å². The summed E-state index contributed by atoms with van der Waals surface area (Å²) in [5.74, 6) is 1.37. The molecular formula is C23H24N4O. The van der Waals surface area contributed by atoms with Gasteiger partial charge < -0.3 is 10.6 Å². The summed E-state index contributed by atoms with van der Waals surface area (Å²) >= 11 is 0. The number of nitrogens with zero attached hydrogens (tertiary/aromatic N) is 2. The van der Waals surface area contributed by atoms with Gasteiger partial charge in [-0.15, -0.1) is 0 Å². The van der Waals surface area contributed by atoms with Crippen LogP contribution < -0.4 is 10.6 Å². The molecule has 1 fully saturated rings. The predicted octanol–water partition coefficient (Wildman–Crippen LogP) is 5.44. The monoisotopic (exact) mass is 372 g/mol. The molecule has 0 radical (unpaired) electrons. The minimum atomic E-state index is 0.0335. The van der Waals surface area contributed by atoms with Crippen molar-refractivity contribution in [3.8, 4) is 11.3 Å². The highest BCUT2D eigenvalue weighted by molar-refractivity contribution is 5.95. The van der Waals surface area contributed by atoms with Crippen molar-refractivity contribution in [3.63, 3.8) is 0 Å². The van der Waals surface area contributed by atoms with E-state index in [0.29, 0.717) is 17.6 Å². The van der Waals surface area contributed by atoms with Gasteiger partial charge in [0.1, 0.15) is 5.82 Å². The molecule has 1 aromatic heterocycles. The third-order valence-electron chi connectivity index (χ3n) is 5.03. The molecule has 142 valence electrons. The summed E-state index contributed by atoms with van der Waals surface area (Å²) in [5, 5.41) is 6.82. The fourth-order valence-electron chi connectivity index (χ4n) is 3.56. The Balaban J connectivity index is 1.66. The van der Waals surface area contributed by atoms with Gasteiger partial charge in [0, 0.05) is 28.9 Å². The summed E-state index contributed by atoms with van der Waals surface area (Å²) < 4.78 is 0. The van der Waals surface area contributed by atoms with E-state index in [-0.39, 0.29) is 5.78 Å². The standard InChI is InChI=1S/C23H24N4O/c1-16(28)18-10-7-13-20(14-18)25-23-26-21(17-8-3-2-4-9-17)15-22(27-23)24-19-11-5-6-12-19/h2-4,7-10,13-15,19H,5-6,11-12H2,1H3,(H2,24,25,26,27). The van der Waals surface area contributed by atoms with E-state index in [0.717, 1.165) is 22.8 Å². The van der Waals surface area contributed by atoms with E-state index in [1.807, 2.05) is 60.7 Å². The lowest BCUT2D eigenvalue weighted by Gasteiger charge is -2.15. The first kappa shape index (κ1) is 18.2. The zero-order valence-corrected chi connectivity index (χ0v) is 16.0. The molecule has 1 aliphatic carbocycles. The van der Waals surface area contributed by atoms with Gasteiger partial charge in [0.05, 0.1) is 5.69 Å². The van der Waals surface area contributed by atoms with Crippen molar-refractivity contribution in [2.24, 2.45) is 0 Å². The van der Waals surface area contributed by atoms with E-state index in [1.54, 1.807) is 6.92 Å². The van der Waals surface area contributed by atoms with E-state index < -0.39 is 0 Å². The Bertz CT molecular complexity index is 965. The van der Waals surface area contributed by atoms with Gasteiger partial charge in [0.2, 0.25) is 5.95 Å². The van der Waals surface area contributed by atoms with Gasteiger partial charge in [-0.1, -0.05) is 55.3 Å². The average Bonchev–Trinajstić information content (AvgIpc) is 3.22. The van der Waals surface area contributed by atoms with Gasteiger partial charge in [-0.2, -0.15) is 4.98 Å². The molecule has 0 aliphatic heterocycles. The molecule has 3 aromatic rings. The van der Waals surface area contributed by atoms with Crippen LogP contribution in [0, 0.1) is 0 Å². The molecule has 0 spiro atoms. The molecular weight excluding hydrogens is 348 g/mol. The number of anilines is 3. The van der Waals surface area contributed by atoms with E-state index in [9.17, 15) is 4.79 Å². The van der Waals surface area contributed by atoms with Crippen molar-refractivity contribution in [3.05, 3.63) is 66.2 Å². The summed E-state index contributed by atoms with van der Waals surface area (Å²) in [6.45, 7) is 1.56. The van der Waals surface area contributed by atoms with Crippen molar-refractivity contribution < 1.29 is 4.79 Å². The zero-order chi connectivity index (χ0) is 19.3. The largest absolute Gasteiger partial charge is 0.367 e. The third kappa shape index (κ3) is 4.36. The minimum absolute atomic E-state index is 0.0335. The van der Waals surface area contributed by atoms with Crippen LogP contribution in [0.25, 0.3) is 11.3 Å². The SMILES string of the molecule is CC(=O)c1cccc(Nc2nc(NC3CCCC3)cc(-c3ccccc3)n2)c1. The lowest BCUT2D eigenvalue weighted by Crippen LogP contribution is -2.16. The Morgan fingerprint density at radius 3 is 2.50 bits per heavy atom. The summed E-state index contributed by atoms with van der Waals surface area (Å²) in [5.41, 5.74) is 3.36. The van der Waals surface area contributed by atoms with Crippen LogP contribution in [0.1, 0.15) is 43.0 Å². The van der Waals surface area contributed by atoms with Gasteiger partial charge in [0.15, 0.2) is 5.78 Å². The molecule has 28 heavy (non-hydrogen) atoms. The molecule has 0 bridgehead atoms. The molecule has 0 amide bonds. The summed E-state index contributed by atoms with van der Waals surface area (Å²) in [4.78, 5) is 21.0. The van der Waals surface area contributed by atoms with Gasteiger partial charge in [-0.05, 0) is 31.9 Å². The molecule has 2 N–H and O–H groups in total. The van der Waals surface area contributed by atoms with Crippen molar-refractivity contribution >= 4 is 23.2 Å². The smallest absolute Gasteiger partial charge is 0.229 e. The second kappa shape index (κ2) is 8.21. The first-order chi connectivity index (χ1) is 13.7. The fraction of sp³-hybridized carbons (Fsp3) is 0.261. The highest BCUT2D eigenvalue weighted by atomic mass is 16.1. The Labute approximate surface area is 165 Å². The Kier molecular flexibility index (Phi) is 5.33. The summed E-state index contributed by atoms with van der Waals surface area (Å²) in [6.07, 6.45) is 4.87. The van der Waals surface area contributed by atoms with Crippen LogP contribution in [-0.4, -0.2) is 21.8 Å². The third-order valence-corrected chi connectivity index (χ3v) is 5.03.